The number of amides is 2. The van der Waals surface area contributed by atoms with Crippen molar-refractivity contribution < 1.29 is 9.18 Å². The Balaban J connectivity index is 1.14. The summed E-state index contributed by atoms with van der Waals surface area (Å²) in [5, 5.41) is 8.14. The first-order valence-corrected chi connectivity index (χ1v) is 15.9. The van der Waals surface area contributed by atoms with E-state index in [9.17, 15) is 9.18 Å². The smallest absolute Gasteiger partial charge is 0.318 e. The third kappa shape index (κ3) is 6.07. The summed E-state index contributed by atoms with van der Waals surface area (Å²) in [6.45, 7) is 3.24. The molecule has 0 radical (unpaired) electrons. The van der Waals surface area contributed by atoms with Crippen molar-refractivity contribution in [3.8, 4) is 5.69 Å². The number of halogens is 1. The summed E-state index contributed by atoms with van der Waals surface area (Å²) in [5.41, 5.74) is 7.53. The molecule has 1 fully saturated rings. The van der Waals surface area contributed by atoms with Crippen LogP contribution in [0.1, 0.15) is 60.2 Å². The number of urea groups is 1. The fourth-order valence-electron chi connectivity index (χ4n) is 7.21. The highest BCUT2D eigenvalue weighted by molar-refractivity contribution is 5.75. The number of rotatable bonds is 9. The van der Waals surface area contributed by atoms with Crippen molar-refractivity contribution in [2.45, 2.75) is 51.7 Å². The van der Waals surface area contributed by atoms with E-state index >= 15 is 0 Å². The van der Waals surface area contributed by atoms with Crippen LogP contribution in [0.5, 0.6) is 0 Å². The Morgan fingerprint density at radius 3 is 2.30 bits per heavy atom. The Hall–Kier alpha value is -5.11. The quantitative estimate of drug-likeness (QED) is 0.185. The normalized spacial score (nSPS) is 19.1. The zero-order valence-electron chi connectivity index (χ0n) is 25.9. The maximum Gasteiger partial charge on any atom is 0.318 e. The molecule has 46 heavy (non-hydrogen) atoms. The van der Waals surface area contributed by atoms with Gasteiger partial charge >= 0.3 is 6.03 Å². The number of hydrogen-bond acceptors (Lipinski definition) is 4. The summed E-state index contributed by atoms with van der Waals surface area (Å²) in [5.74, 6) is 0.100. The molecule has 2 aliphatic rings. The topological polar surface area (TPSA) is 75.9 Å². The zero-order valence-corrected chi connectivity index (χ0v) is 25.9. The molecule has 3 heterocycles. The molecule has 7 rings (SSSR count). The second kappa shape index (κ2) is 12.7. The van der Waals surface area contributed by atoms with Crippen LogP contribution in [-0.4, -0.2) is 30.7 Å². The molecule has 2 aliphatic carbocycles. The fourth-order valence-corrected chi connectivity index (χ4v) is 7.21. The van der Waals surface area contributed by atoms with E-state index in [-0.39, 0.29) is 23.3 Å². The number of carbonyl (C=O) groups excluding carboxylic acids is 1. The molecule has 7 nitrogen and oxygen atoms in total. The molecule has 2 aromatic carbocycles. The van der Waals surface area contributed by atoms with E-state index in [1.54, 1.807) is 36.9 Å². The predicted molar refractivity (Wildman–Crippen MR) is 176 cm³/mol. The lowest BCUT2D eigenvalue weighted by Crippen LogP contribution is -2.42. The second-order valence-corrected chi connectivity index (χ2v) is 12.7. The summed E-state index contributed by atoms with van der Waals surface area (Å²) >= 11 is 0. The van der Waals surface area contributed by atoms with Crippen LogP contribution in [0.3, 0.4) is 0 Å². The minimum absolute atomic E-state index is 0.0491. The van der Waals surface area contributed by atoms with E-state index in [0.717, 1.165) is 53.8 Å². The van der Waals surface area contributed by atoms with Gasteiger partial charge in [0.15, 0.2) is 0 Å². The van der Waals surface area contributed by atoms with Crippen molar-refractivity contribution in [1.29, 1.82) is 0 Å². The molecule has 3 atom stereocenters. The molecule has 0 saturated heterocycles. The Labute approximate surface area is 268 Å². The van der Waals surface area contributed by atoms with Crippen molar-refractivity contribution in [1.82, 2.24) is 30.0 Å². The monoisotopic (exact) mass is 612 g/mol. The Kier molecular flexibility index (Phi) is 8.18. The summed E-state index contributed by atoms with van der Waals surface area (Å²) in [4.78, 5) is 24.5. The first-order chi connectivity index (χ1) is 22.5. The summed E-state index contributed by atoms with van der Waals surface area (Å²) < 4.78 is 15.5. The minimum Gasteiger partial charge on any atom is -0.331 e. The number of carbonyl (C=O) groups is 1. The zero-order chi connectivity index (χ0) is 31.5. The van der Waals surface area contributed by atoms with Gasteiger partial charge in [0.1, 0.15) is 5.82 Å². The standard InChI is InChI=1S/C38H37FN6O/c1-38-21-30-24-42-45(34-15-13-33(39)14-16-34)36(30)20-32(38)12-11-31(38)19-35(29-9-3-2-4-10-29)43-37(46)44(25-27-7-5-17-40-22-27)26-28-8-6-18-41-23-28/h2-10,13-18,20,22-24,31,35H,11-12,19,21,25-26H2,1H3,(H,43,46)/t31-,35?,38-/m1/s1. The van der Waals surface area contributed by atoms with E-state index < -0.39 is 0 Å². The van der Waals surface area contributed by atoms with E-state index in [2.05, 4.69) is 40.4 Å². The van der Waals surface area contributed by atoms with E-state index in [1.807, 2.05) is 58.2 Å². The molecule has 0 bridgehead atoms. The van der Waals surface area contributed by atoms with Crippen LogP contribution in [-0.2, 0) is 19.5 Å². The van der Waals surface area contributed by atoms with Gasteiger partial charge in [0.2, 0.25) is 0 Å². The first-order valence-electron chi connectivity index (χ1n) is 15.9. The van der Waals surface area contributed by atoms with Crippen LogP contribution in [0.15, 0.2) is 115 Å². The fraction of sp³-hybridized carbons (Fsp3) is 0.263. The maximum absolute atomic E-state index is 14.1. The molecule has 232 valence electrons. The number of nitrogens with one attached hydrogen (secondary N) is 1. The number of benzene rings is 2. The lowest BCUT2D eigenvalue weighted by molar-refractivity contribution is 0.179. The van der Waals surface area contributed by atoms with Gasteiger partial charge in [-0.05, 0) is 102 Å². The SMILES string of the molecule is C[C@]12Cc3cnn(-c4ccc(F)cc4)c3C=C1CC[C@@H]2CC(NC(=O)N(Cc1cccnc1)Cc1cccnc1)c1ccccc1. The highest BCUT2D eigenvalue weighted by Crippen LogP contribution is 2.55. The number of pyridine rings is 2. The van der Waals surface area contributed by atoms with Gasteiger partial charge in [0.05, 0.1) is 23.6 Å². The van der Waals surface area contributed by atoms with Crippen molar-refractivity contribution in [2.75, 3.05) is 0 Å². The van der Waals surface area contributed by atoms with Gasteiger partial charge in [-0.15, -0.1) is 0 Å². The average Bonchev–Trinajstić information content (AvgIpc) is 3.63. The predicted octanol–water partition coefficient (Wildman–Crippen LogP) is 7.70. The molecule has 0 spiro atoms. The largest absolute Gasteiger partial charge is 0.331 e. The molecule has 1 unspecified atom stereocenters. The van der Waals surface area contributed by atoms with Gasteiger partial charge in [-0.3, -0.25) is 9.97 Å². The van der Waals surface area contributed by atoms with Gasteiger partial charge in [0.25, 0.3) is 0 Å². The summed E-state index contributed by atoms with van der Waals surface area (Å²) in [6.07, 6.45) is 15.1. The van der Waals surface area contributed by atoms with Crippen LogP contribution >= 0.6 is 0 Å². The van der Waals surface area contributed by atoms with Crippen LogP contribution < -0.4 is 5.32 Å². The third-order valence-electron chi connectivity index (χ3n) is 9.72. The number of fused-ring (bicyclic) bond motifs is 2. The molecule has 0 aliphatic heterocycles. The molecule has 2 amide bonds. The van der Waals surface area contributed by atoms with Gasteiger partial charge < -0.3 is 10.2 Å². The Morgan fingerprint density at radius 1 is 0.957 bits per heavy atom. The van der Waals surface area contributed by atoms with Gasteiger partial charge in [-0.25, -0.2) is 13.9 Å². The molecule has 5 aromatic rings. The molecule has 3 aromatic heterocycles. The van der Waals surface area contributed by atoms with Crippen molar-refractivity contribution in [2.24, 2.45) is 11.3 Å². The van der Waals surface area contributed by atoms with E-state index in [1.165, 1.54) is 23.3 Å². The average molecular weight is 613 g/mol. The molecular formula is C38H37FN6O. The van der Waals surface area contributed by atoms with Crippen LogP contribution in [0.4, 0.5) is 9.18 Å². The third-order valence-corrected chi connectivity index (χ3v) is 9.72. The van der Waals surface area contributed by atoms with Gasteiger partial charge in [-0.1, -0.05) is 55.0 Å². The highest BCUT2D eigenvalue weighted by atomic mass is 19.1. The number of nitrogens with zero attached hydrogens (tertiary/aromatic N) is 5. The van der Waals surface area contributed by atoms with Crippen molar-refractivity contribution in [3.63, 3.8) is 0 Å². The summed E-state index contributed by atoms with van der Waals surface area (Å²) in [7, 11) is 0. The van der Waals surface area contributed by atoms with Crippen LogP contribution in [0, 0.1) is 17.2 Å². The maximum atomic E-state index is 14.1. The first kappa shape index (κ1) is 29.6. The Morgan fingerprint density at radius 2 is 1.65 bits per heavy atom. The molecule has 1 saturated carbocycles. The highest BCUT2D eigenvalue weighted by Gasteiger charge is 2.46. The second-order valence-electron chi connectivity index (χ2n) is 12.7. The number of aromatic nitrogens is 4. The van der Waals surface area contributed by atoms with Crippen LogP contribution in [0.25, 0.3) is 11.8 Å². The Bertz CT molecular complexity index is 1780. The van der Waals surface area contributed by atoms with Crippen LogP contribution in [0.2, 0.25) is 0 Å². The molecule has 8 heteroatoms. The summed E-state index contributed by atoms with van der Waals surface area (Å²) in [6, 6.07) is 24.3. The lowest BCUT2D eigenvalue weighted by atomic mass is 9.68. The molecule has 1 N–H and O–H groups in total. The van der Waals surface area contributed by atoms with Gasteiger partial charge in [-0.2, -0.15) is 5.10 Å². The van der Waals surface area contributed by atoms with Gasteiger partial charge in [0, 0.05) is 37.9 Å². The minimum atomic E-state index is -0.258. The molecular weight excluding hydrogens is 575 g/mol. The number of hydrogen-bond donors (Lipinski definition) is 1. The van der Waals surface area contributed by atoms with Crippen molar-refractivity contribution >= 4 is 12.1 Å². The van der Waals surface area contributed by atoms with E-state index in [4.69, 9.17) is 5.10 Å². The lowest BCUT2D eigenvalue weighted by Gasteiger charge is -2.38. The number of allylic oxidation sites excluding steroid dienone is 1. The van der Waals surface area contributed by atoms with E-state index in [0.29, 0.717) is 19.0 Å². The van der Waals surface area contributed by atoms with Crippen molar-refractivity contribution in [3.05, 3.63) is 149 Å².